The molecule has 2 aromatic rings. The number of hydrogen-bond acceptors (Lipinski definition) is 4. The summed E-state index contributed by atoms with van der Waals surface area (Å²) in [5, 5.41) is 3.16. The number of aryl methyl sites for hydroxylation is 1. The number of halogens is 1. The molecule has 0 saturated heterocycles. The smallest absolute Gasteiger partial charge is 0.247 e. The van der Waals surface area contributed by atoms with Crippen LogP contribution in [0.4, 0.5) is 11.4 Å². The van der Waals surface area contributed by atoms with Gasteiger partial charge in [0.1, 0.15) is 11.8 Å². The first-order valence-corrected chi connectivity index (χ1v) is 10.7. The zero-order chi connectivity index (χ0) is 20.2. The first-order valence-electron chi connectivity index (χ1n) is 8.42. The van der Waals surface area contributed by atoms with Gasteiger partial charge in [-0.1, -0.05) is 23.7 Å². The quantitative estimate of drug-likeness (QED) is 0.752. The van der Waals surface area contributed by atoms with Crippen LogP contribution in [0.2, 0.25) is 5.02 Å². The SMILES string of the molecule is CCOc1cccc(NC(=O)C(C)N(c2ccc(C)c(Cl)c2)S(C)(=O)=O)c1. The van der Waals surface area contributed by atoms with E-state index in [0.29, 0.717) is 28.8 Å². The van der Waals surface area contributed by atoms with Crippen LogP contribution in [-0.2, 0) is 14.8 Å². The van der Waals surface area contributed by atoms with E-state index in [2.05, 4.69) is 5.32 Å². The fourth-order valence-corrected chi connectivity index (χ4v) is 3.95. The predicted octanol–water partition coefficient (Wildman–Crippen LogP) is 3.84. The minimum atomic E-state index is -3.71. The highest BCUT2D eigenvalue weighted by Gasteiger charge is 2.29. The molecule has 0 spiro atoms. The normalized spacial score (nSPS) is 12.3. The molecule has 0 radical (unpaired) electrons. The van der Waals surface area contributed by atoms with Crippen LogP contribution < -0.4 is 14.4 Å². The number of ether oxygens (including phenoxy) is 1. The van der Waals surface area contributed by atoms with Gasteiger partial charge in [0.05, 0.1) is 18.6 Å². The molecule has 27 heavy (non-hydrogen) atoms. The molecule has 0 fully saturated rings. The van der Waals surface area contributed by atoms with Crippen LogP contribution in [0.15, 0.2) is 42.5 Å². The van der Waals surface area contributed by atoms with Gasteiger partial charge in [-0.3, -0.25) is 9.10 Å². The molecule has 0 saturated carbocycles. The lowest BCUT2D eigenvalue weighted by atomic mass is 10.2. The van der Waals surface area contributed by atoms with Gasteiger partial charge in [0.2, 0.25) is 15.9 Å². The molecular weight excluding hydrogens is 388 g/mol. The number of hydrogen-bond donors (Lipinski definition) is 1. The number of nitrogens with zero attached hydrogens (tertiary/aromatic N) is 1. The first kappa shape index (κ1) is 21.1. The van der Waals surface area contributed by atoms with Crippen molar-refractivity contribution in [2.75, 3.05) is 22.5 Å². The molecular formula is C19H23ClN2O4S. The van der Waals surface area contributed by atoms with E-state index in [1.54, 1.807) is 36.4 Å². The maximum Gasteiger partial charge on any atom is 0.247 e. The molecule has 146 valence electrons. The van der Waals surface area contributed by atoms with Crippen LogP contribution >= 0.6 is 11.6 Å². The first-order chi connectivity index (χ1) is 12.6. The Bertz CT molecular complexity index is 931. The van der Waals surface area contributed by atoms with Gasteiger partial charge in [0.25, 0.3) is 0 Å². The number of sulfonamides is 1. The molecule has 0 aliphatic rings. The fraction of sp³-hybridized carbons (Fsp3) is 0.316. The van der Waals surface area contributed by atoms with E-state index in [9.17, 15) is 13.2 Å². The van der Waals surface area contributed by atoms with Crippen molar-refractivity contribution in [3.8, 4) is 5.75 Å². The van der Waals surface area contributed by atoms with E-state index in [1.165, 1.54) is 13.0 Å². The summed E-state index contributed by atoms with van der Waals surface area (Å²) in [6.45, 7) is 5.71. The van der Waals surface area contributed by atoms with E-state index in [1.807, 2.05) is 13.8 Å². The minimum absolute atomic E-state index is 0.332. The largest absolute Gasteiger partial charge is 0.494 e. The lowest BCUT2D eigenvalue weighted by Crippen LogP contribution is -2.45. The molecule has 0 bridgehead atoms. The Morgan fingerprint density at radius 1 is 1.26 bits per heavy atom. The van der Waals surface area contributed by atoms with E-state index >= 15 is 0 Å². The van der Waals surface area contributed by atoms with Crippen molar-refractivity contribution in [3.05, 3.63) is 53.1 Å². The molecule has 0 aliphatic carbocycles. The number of rotatable bonds is 7. The van der Waals surface area contributed by atoms with Crippen molar-refractivity contribution in [3.63, 3.8) is 0 Å². The molecule has 0 aromatic heterocycles. The topological polar surface area (TPSA) is 75.7 Å². The van der Waals surface area contributed by atoms with Crippen LogP contribution in [0.25, 0.3) is 0 Å². The summed E-state index contributed by atoms with van der Waals surface area (Å²) in [5.41, 5.74) is 1.67. The van der Waals surface area contributed by atoms with E-state index < -0.39 is 22.0 Å². The summed E-state index contributed by atoms with van der Waals surface area (Å²) < 4.78 is 31.2. The third kappa shape index (κ3) is 5.37. The second-order valence-corrected chi connectivity index (χ2v) is 8.39. The van der Waals surface area contributed by atoms with Gasteiger partial charge in [-0.15, -0.1) is 0 Å². The molecule has 1 unspecified atom stereocenters. The standard InChI is InChI=1S/C19H23ClN2O4S/c1-5-26-17-8-6-7-15(11-17)21-19(23)14(3)22(27(4,24)25)16-10-9-13(2)18(20)12-16/h6-12,14H,5H2,1-4H3,(H,21,23). The monoisotopic (exact) mass is 410 g/mol. The Balaban J connectivity index is 2.29. The Hall–Kier alpha value is -2.25. The molecule has 0 aliphatic heterocycles. The molecule has 8 heteroatoms. The van der Waals surface area contributed by atoms with Crippen molar-refractivity contribution < 1.29 is 17.9 Å². The van der Waals surface area contributed by atoms with Crippen LogP contribution in [0.1, 0.15) is 19.4 Å². The van der Waals surface area contributed by atoms with Crippen LogP contribution in [0.3, 0.4) is 0 Å². The molecule has 0 heterocycles. The van der Waals surface area contributed by atoms with Crippen LogP contribution in [-0.4, -0.2) is 33.2 Å². The summed E-state index contributed by atoms with van der Waals surface area (Å²) in [5.74, 6) is 0.152. The second-order valence-electron chi connectivity index (χ2n) is 6.12. The third-order valence-corrected chi connectivity index (χ3v) is 5.56. The Labute approximate surface area is 165 Å². The summed E-state index contributed by atoms with van der Waals surface area (Å²) in [7, 11) is -3.71. The van der Waals surface area contributed by atoms with E-state index in [0.717, 1.165) is 16.1 Å². The Kier molecular flexibility index (Phi) is 6.73. The predicted molar refractivity (Wildman–Crippen MR) is 109 cm³/mol. The highest BCUT2D eigenvalue weighted by atomic mass is 35.5. The van der Waals surface area contributed by atoms with E-state index in [-0.39, 0.29) is 0 Å². The number of amides is 1. The maximum absolute atomic E-state index is 12.7. The average molecular weight is 411 g/mol. The van der Waals surface area contributed by atoms with Gasteiger partial charge in [-0.25, -0.2) is 8.42 Å². The van der Waals surface area contributed by atoms with Crippen molar-refractivity contribution >= 4 is 38.9 Å². The van der Waals surface area contributed by atoms with Gasteiger partial charge >= 0.3 is 0 Å². The number of carbonyl (C=O) groups excluding carboxylic acids is 1. The Morgan fingerprint density at radius 2 is 1.96 bits per heavy atom. The maximum atomic E-state index is 12.7. The van der Waals surface area contributed by atoms with Gasteiger partial charge in [-0.2, -0.15) is 0 Å². The van der Waals surface area contributed by atoms with Crippen LogP contribution in [0, 0.1) is 6.92 Å². The average Bonchev–Trinajstić information content (AvgIpc) is 2.57. The zero-order valence-corrected chi connectivity index (χ0v) is 17.3. The molecule has 2 aromatic carbocycles. The second kappa shape index (κ2) is 8.63. The molecule has 1 amide bonds. The summed E-state index contributed by atoms with van der Waals surface area (Å²) in [4.78, 5) is 12.7. The molecule has 1 N–H and O–H groups in total. The van der Waals surface area contributed by atoms with Crippen LogP contribution in [0.5, 0.6) is 5.75 Å². The van der Waals surface area contributed by atoms with Gasteiger partial charge in [0.15, 0.2) is 0 Å². The molecule has 1 atom stereocenters. The van der Waals surface area contributed by atoms with Crippen molar-refractivity contribution in [2.45, 2.75) is 26.8 Å². The third-order valence-electron chi connectivity index (χ3n) is 3.91. The molecule has 6 nitrogen and oxygen atoms in total. The lowest BCUT2D eigenvalue weighted by molar-refractivity contribution is -0.116. The van der Waals surface area contributed by atoms with Gasteiger partial charge in [0, 0.05) is 16.8 Å². The van der Waals surface area contributed by atoms with Gasteiger partial charge in [-0.05, 0) is 50.6 Å². The van der Waals surface area contributed by atoms with Crippen molar-refractivity contribution in [2.24, 2.45) is 0 Å². The minimum Gasteiger partial charge on any atom is -0.494 e. The Morgan fingerprint density at radius 3 is 2.56 bits per heavy atom. The summed E-state index contributed by atoms with van der Waals surface area (Å²) in [6.07, 6.45) is 1.06. The highest BCUT2D eigenvalue weighted by molar-refractivity contribution is 7.92. The van der Waals surface area contributed by atoms with E-state index in [4.69, 9.17) is 16.3 Å². The zero-order valence-electron chi connectivity index (χ0n) is 15.7. The summed E-state index contributed by atoms with van der Waals surface area (Å²) >= 11 is 6.13. The number of carbonyl (C=O) groups is 1. The van der Waals surface area contributed by atoms with Crippen molar-refractivity contribution in [1.82, 2.24) is 0 Å². The number of nitrogens with one attached hydrogen (secondary N) is 1. The van der Waals surface area contributed by atoms with Gasteiger partial charge < -0.3 is 10.1 Å². The summed E-state index contributed by atoms with van der Waals surface area (Å²) in [6, 6.07) is 10.8. The highest BCUT2D eigenvalue weighted by Crippen LogP contribution is 2.27. The molecule has 2 rings (SSSR count). The number of benzene rings is 2. The lowest BCUT2D eigenvalue weighted by Gasteiger charge is -2.28. The fourth-order valence-electron chi connectivity index (χ4n) is 2.60. The number of anilines is 2. The van der Waals surface area contributed by atoms with Crippen molar-refractivity contribution in [1.29, 1.82) is 0 Å².